The van der Waals surface area contributed by atoms with Crippen LogP contribution in [-0.4, -0.2) is 27.9 Å². The fraction of sp³-hybridized carbons (Fsp3) is 0.587. The normalized spacial score (nSPS) is 11.0. The second-order valence-electron chi connectivity index (χ2n) is 15.0. The van der Waals surface area contributed by atoms with Crippen LogP contribution in [0.15, 0.2) is 36.4 Å². The van der Waals surface area contributed by atoms with Crippen LogP contribution >= 0.6 is 0 Å². The number of hydrogen-bond acceptors (Lipinski definition) is 5. The van der Waals surface area contributed by atoms with Crippen LogP contribution in [0.1, 0.15) is 166 Å². The molecular weight excluding hydrogens is 633 g/mol. The SMILES string of the molecule is CCCCCCCCCCCCCCCCCCOC(=O)CCc1cc(C)c(O)c(C)c1.Cc1cc(C)c(O)c(Cc2cc(C)cc(C)c2O)c1. The van der Waals surface area contributed by atoms with Crippen molar-refractivity contribution in [2.75, 3.05) is 6.61 Å². The van der Waals surface area contributed by atoms with Crippen LogP contribution in [0.2, 0.25) is 0 Å². The van der Waals surface area contributed by atoms with Crippen LogP contribution in [0.4, 0.5) is 0 Å². The molecule has 284 valence electrons. The molecule has 3 aromatic rings. The maximum atomic E-state index is 11.9. The summed E-state index contributed by atoms with van der Waals surface area (Å²) in [5.74, 6) is 0.877. The molecule has 0 spiro atoms. The molecule has 0 aliphatic rings. The van der Waals surface area contributed by atoms with E-state index in [1.165, 1.54) is 89.9 Å². The van der Waals surface area contributed by atoms with E-state index >= 15 is 0 Å². The Morgan fingerprint density at radius 3 is 1.29 bits per heavy atom. The number of carbonyl (C=O) groups is 1. The molecule has 51 heavy (non-hydrogen) atoms. The molecule has 3 rings (SSSR count). The standard InChI is InChI=1S/C29H50O3.C17H20O2/c1-4-5-6-7-8-9-10-11-12-13-14-15-16-17-18-19-22-32-28(30)21-20-27-23-25(2)29(31)26(3)24-27;1-10-5-12(3)16(18)14(7-10)9-15-8-11(2)6-13(4)17(15)19/h23-24,31H,4-22H2,1-3H3;5-8,18-19H,9H2,1-4H3. The summed E-state index contributed by atoms with van der Waals surface area (Å²) in [6.45, 7) is 14.4. The zero-order valence-electron chi connectivity index (χ0n) is 33.3. The van der Waals surface area contributed by atoms with E-state index < -0.39 is 0 Å². The lowest BCUT2D eigenvalue weighted by atomic mass is 9.96. The van der Waals surface area contributed by atoms with Crippen LogP contribution in [-0.2, 0) is 22.4 Å². The number of unbranched alkanes of at least 4 members (excludes halogenated alkanes) is 15. The van der Waals surface area contributed by atoms with E-state index in [0.717, 1.165) is 62.9 Å². The summed E-state index contributed by atoms with van der Waals surface area (Å²) in [6.07, 6.45) is 23.2. The highest BCUT2D eigenvalue weighted by Crippen LogP contribution is 2.31. The van der Waals surface area contributed by atoms with Gasteiger partial charge >= 0.3 is 5.97 Å². The zero-order chi connectivity index (χ0) is 37.6. The summed E-state index contributed by atoms with van der Waals surface area (Å²) >= 11 is 0. The van der Waals surface area contributed by atoms with Crippen molar-refractivity contribution in [3.05, 3.63) is 86.5 Å². The Morgan fingerprint density at radius 2 is 0.882 bits per heavy atom. The molecule has 0 atom stereocenters. The fourth-order valence-corrected chi connectivity index (χ4v) is 6.92. The summed E-state index contributed by atoms with van der Waals surface area (Å²) in [5.41, 5.74) is 8.51. The van der Waals surface area contributed by atoms with Crippen molar-refractivity contribution in [1.82, 2.24) is 0 Å². The van der Waals surface area contributed by atoms with E-state index in [9.17, 15) is 20.1 Å². The molecule has 0 aliphatic heterocycles. The first kappa shape index (κ1) is 43.7. The van der Waals surface area contributed by atoms with E-state index in [4.69, 9.17) is 4.74 Å². The van der Waals surface area contributed by atoms with Gasteiger partial charge < -0.3 is 20.1 Å². The molecule has 0 aliphatic carbocycles. The van der Waals surface area contributed by atoms with Crippen LogP contribution in [0.25, 0.3) is 0 Å². The quantitative estimate of drug-likeness (QED) is 0.0716. The Hall–Kier alpha value is -3.47. The minimum Gasteiger partial charge on any atom is -0.507 e. The first-order valence-corrected chi connectivity index (χ1v) is 20.0. The van der Waals surface area contributed by atoms with Crippen molar-refractivity contribution >= 4 is 5.97 Å². The van der Waals surface area contributed by atoms with Crippen LogP contribution < -0.4 is 0 Å². The lowest BCUT2D eigenvalue weighted by Crippen LogP contribution is -2.07. The fourth-order valence-electron chi connectivity index (χ4n) is 6.92. The molecule has 3 aromatic carbocycles. The van der Waals surface area contributed by atoms with Crippen molar-refractivity contribution in [3.63, 3.8) is 0 Å². The third-order valence-corrected chi connectivity index (χ3v) is 9.86. The Labute approximate surface area is 310 Å². The van der Waals surface area contributed by atoms with Crippen molar-refractivity contribution in [1.29, 1.82) is 0 Å². The topological polar surface area (TPSA) is 87.0 Å². The molecule has 0 aromatic heterocycles. The highest BCUT2D eigenvalue weighted by molar-refractivity contribution is 5.69. The first-order chi connectivity index (χ1) is 24.4. The molecule has 3 N–H and O–H groups in total. The van der Waals surface area contributed by atoms with Crippen molar-refractivity contribution in [3.8, 4) is 17.2 Å². The van der Waals surface area contributed by atoms with Crippen LogP contribution in [0.5, 0.6) is 17.2 Å². The molecule has 0 radical (unpaired) electrons. The van der Waals surface area contributed by atoms with Gasteiger partial charge in [0.25, 0.3) is 0 Å². The molecule has 5 heteroatoms. The lowest BCUT2D eigenvalue weighted by Gasteiger charge is -2.12. The number of phenols is 3. The summed E-state index contributed by atoms with van der Waals surface area (Å²) < 4.78 is 5.38. The van der Waals surface area contributed by atoms with Gasteiger partial charge in [-0.15, -0.1) is 0 Å². The highest BCUT2D eigenvalue weighted by Gasteiger charge is 2.12. The lowest BCUT2D eigenvalue weighted by molar-refractivity contribution is -0.143. The number of carbonyl (C=O) groups excluding carboxylic acids is 1. The minimum absolute atomic E-state index is 0.116. The van der Waals surface area contributed by atoms with Gasteiger partial charge in [-0.05, 0) is 93.3 Å². The van der Waals surface area contributed by atoms with E-state index in [1.807, 2.05) is 77.9 Å². The van der Waals surface area contributed by atoms with E-state index in [-0.39, 0.29) is 5.97 Å². The zero-order valence-corrected chi connectivity index (χ0v) is 33.3. The van der Waals surface area contributed by atoms with Crippen LogP contribution in [0.3, 0.4) is 0 Å². The highest BCUT2D eigenvalue weighted by atomic mass is 16.5. The maximum absolute atomic E-state index is 11.9. The van der Waals surface area contributed by atoms with E-state index in [2.05, 4.69) is 6.92 Å². The molecule has 0 amide bonds. The van der Waals surface area contributed by atoms with Gasteiger partial charge in [0.1, 0.15) is 17.2 Å². The number of benzene rings is 3. The second-order valence-corrected chi connectivity index (χ2v) is 15.0. The van der Waals surface area contributed by atoms with E-state index in [0.29, 0.717) is 43.1 Å². The number of esters is 1. The van der Waals surface area contributed by atoms with Crippen LogP contribution in [0, 0.1) is 41.5 Å². The average Bonchev–Trinajstić information content (AvgIpc) is 3.08. The maximum Gasteiger partial charge on any atom is 0.306 e. The van der Waals surface area contributed by atoms with Gasteiger partial charge in [-0.3, -0.25) is 4.79 Å². The number of rotatable bonds is 22. The number of ether oxygens (including phenoxy) is 1. The third-order valence-electron chi connectivity index (χ3n) is 9.86. The molecule has 5 nitrogen and oxygen atoms in total. The first-order valence-electron chi connectivity index (χ1n) is 20.0. The number of phenolic OH excluding ortho intramolecular Hbond substituents is 3. The summed E-state index contributed by atoms with van der Waals surface area (Å²) in [5, 5.41) is 30.1. The smallest absolute Gasteiger partial charge is 0.306 e. The van der Waals surface area contributed by atoms with Gasteiger partial charge in [-0.25, -0.2) is 0 Å². The van der Waals surface area contributed by atoms with Gasteiger partial charge in [0.05, 0.1) is 6.61 Å². The van der Waals surface area contributed by atoms with Gasteiger partial charge in [0, 0.05) is 12.8 Å². The molecule has 0 heterocycles. The minimum atomic E-state index is -0.116. The summed E-state index contributed by atoms with van der Waals surface area (Å²) in [4.78, 5) is 11.9. The monoisotopic (exact) mass is 703 g/mol. The Bertz CT molecular complexity index is 1380. The van der Waals surface area contributed by atoms with Gasteiger partial charge in [-0.2, -0.15) is 0 Å². The van der Waals surface area contributed by atoms with Crippen molar-refractivity contribution < 1.29 is 24.9 Å². The molecule has 0 saturated carbocycles. The largest absolute Gasteiger partial charge is 0.507 e. The molecule has 0 saturated heterocycles. The number of aromatic hydroxyl groups is 3. The van der Waals surface area contributed by atoms with Crippen molar-refractivity contribution in [2.24, 2.45) is 0 Å². The third kappa shape index (κ3) is 17.5. The molecular formula is C46H70O5. The second kappa shape index (κ2) is 24.7. The summed E-state index contributed by atoms with van der Waals surface area (Å²) in [6, 6.07) is 11.8. The molecule has 0 bridgehead atoms. The number of hydrogen-bond donors (Lipinski definition) is 3. The summed E-state index contributed by atoms with van der Waals surface area (Å²) in [7, 11) is 0. The molecule has 0 unspecified atom stereocenters. The predicted molar refractivity (Wildman–Crippen MR) is 214 cm³/mol. The Kier molecular flexibility index (Phi) is 21.1. The van der Waals surface area contributed by atoms with Crippen molar-refractivity contribution in [2.45, 2.75) is 170 Å². The Morgan fingerprint density at radius 1 is 0.510 bits per heavy atom. The predicted octanol–water partition coefficient (Wildman–Crippen LogP) is 12.7. The van der Waals surface area contributed by atoms with Gasteiger partial charge in [0.2, 0.25) is 0 Å². The van der Waals surface area contributed by atoms with E-state index in [1.54, 1.807) is 0 Å². The van der Waals surface area contributed by atoms with Gasteiger partial charge in [-0.1, -0.05) is 151 Å². The van der Waals surface area contributed by atoms with Gasteiger partial charge in [0.15, 0.2) is 0 Å². The average molecular weight is 703 g/mol. The Balaban J connectivity index is 0.000000400. The number of aryl methyl sites for hydroxylation is 7. The molecule has 0 fully saturated rings.